The highest BCUT2D eigenvalue weighted by Crippen LogP contribution is 2.43. The number of rotatable bonds is 5. The minimum absolute atomic E-state index is 0.560. The smallest absolute Gasteiger partial charge is 0.164 e. The number of aromatic nitrogens is 3. The van der Waals surface area contributed by atoms with E-state index >= 15 is 0 Å². The van der Waals surface area contributed by atoms with E-state index in [0.717, 1.165) is 77.3 Å². The van der Waals surface area contributed by atoms with E-state index in [2.05, 4.69) is 133 Å². The molecule has 0 aliphatic heterocycles. The Morgan fingerprint density at radius 2 is 0.947 bits per heavy atom. The van der Waals surface area contributed by atoms with Gasteiger partial charge in [-0.2, -0.15) is 0 Å². The van der Waals surface area contributed by atoms with Gasteiger partial charge in [-0.15, -0.1) is 11.3 Å². The van der Waals surface area contributed by atoms with Gasteiger partial charge in [-0.25, -0.2) is 15.0 Å². The summed E-state index contributed by atoms with van der Waals surface area (Å²) in [5, 5.41) is 6.66. The molecule has 0 saturated heterocycles. The molecule has 0 aliphatic carbocycles. The Labute approximate surface area is 330 Å². The molecule has 8 aromatic carbocycles. The Balaban J connectivity index is 1.07. The molecule has 0 saturated carbocycles. The van der Waals surface area contributed by atoms with Gasteiger partial charge >= 0.3 is 0 Å². The summed E-state index contributed by atoms with van der Waals surface area (Å²) in [6.07, 6.45) is 0. The molecule has 0 aliphatic rings. The number of thiophene rings is 1. The summed E-state index contributed by atoms with van der Waals surface area (Å²) >= 11 is 1.84. The molecule has 6 heteroatoms. The Hall–Kier alpha value is -7.41. The molecule has 12 rings (SSSR count). The van der Waals surface area contributed by atoms with Crippen LogP contribution in [0.3, 0.4) is 0 Å². The third-order valence-corrected chi connectivity index (χ3v) is 12.2. The first-order valence-electron chi connectivity index (χ1n) is 18.9. The molecule has 4 aromatic heterocycles. The van der Waals surface area contributed by atoms with Crippen molar-refractivity contribution in [2.45, 2.75) is 0 Å². The van der Waals surface area contributed by atoms with Crippen LogP contribution >= 0.6 is 11.3 Å². The largest absolute Gasteiger partial charge is 0.456 e. The molecule has 0 spiro atoms. The van der Waals surface area contributed by atoms with E-state index in [4.69, 9.17) is 23.8 Å². The lowest BCUT2D eigenvalue weighted by Crippen LogP contribution is -2.00. The molecule has 0 atom stereocenters. The molecular formula is C51H29N3O2S. The summed E-state index contributed by atoms with van der Waals surface area (Å²) in [5.74, 6) is 1.71. The van der Waals surface area contributed by atoms with E-state index in [-0.39, 0.29) is 0 Å². The predicted molar refractivity (Wildman–Crippen MR) is 234 cm³/mol. The zero-order valence-electron chi connectivity index (χ0n) is 30.3. The quantitative estimate of drug-likeness (QED) is 0.175. The zero-order chi connectivity index (χ0) is 37.5. The molecule has 5 nitrogen and oxygen atoms in total. The molecule has 12 aromatic rings. The van der Waals surface area contributed by atoms with Crippen LogP contribution in [0.15, 0.2) is 185 Å². The average molecular weight is 748 g/mol. The van der Waals surface area contributed by atoms with E-state index in [1.54, 1.807) is 0 Å². The number of hydrogen-bond acceptors (Lipinski definition) is 6. The monoisotopic (exact) mass is 747 g/mol. The normalized spacial score (nSPS) is 11.9. The first-order chi connectivity index (χ1) is 28.2. The molecule has 0 bridgehead atoms. The van der Waals surface area contributed by atoms with Gasteiger partial charge in [-0.05, 0) is 70.8 Å². The Morgan fingerprint density at radius 1 is 0.333 bits per heavy atom. The second-order valence-electron chi connectivity index (χ2n) is 14.3. The van der Waals surface area contributed by atoms with Crippen molar-refractivity contribution in [3.8, 4) is 56.4 Å². The van der Waals surface area contributed by atoms with Crippen molar-refractivity contribution in [1.82, 2.24) is 15.0 Å². The minimum atomic E-state index is 0.560. The average Bonchev–Trinajstić information content (AvgIpc) is 3.97. The standard InChI is InChI=1S/C51H29N3O2S/c1-2-11-30(12-3-1)31-13-8-14-33(27-31)49-52-50(34-23-25-37-36-15-4-6-20-42(36)56-45(37)29-34)54-51(53-49)40-19-10-21-44-47(40)41-28-32(24-26-43(41)55-44)35-17-9-18-39-38-16-5-7-22-46(38)57-48(35)39/h1-29H. The third-order valence-electron chi connectivity index (χ3n) is 11.0. The van der Waals surface area contributed by atoms with Crippen molar-refractivity contribution in [2.24, 2.45) is 0 Å². The van der Waals surface area contributed by atoms with Crippen molar-refractivity contribution in [3.63, 3.8) is 0 Å². The first-order valence-corrected chi connectivity index (χ1v) is 19.7. The van der Waals surface area contributed by atoms with E-state index in [1.807, 2.05) is 53.8 Å². The molecule has 0 fully saturated rings. The maximum absolute atomic E-state index is 6.53. The summed E-state index contributed by atoms with van der Waals surface area (Å²) in [6, 6.07) is 60.9. The van der Waals surface area contributed by atoms with Crippen molar-refractivity contribution >= 4 is 75.4 Å². The summed E-state index contributed by atoms with van der Waals surface area (Å²) < 4.78 is 15.4. The van der Waals surface area contributed by atoms with E-state index in [0.29, 0.717) is 17.5 Å². The van der Waals surface area contributed by atoms with E-state index in [1.165, 1.54) is 25.7 Å². The second kappa shape index (κ2) is 12.6. The lowest BCUT2D eigenvalue weighted by molar-refractivity contribution is 0.668. The van der Waals surface area contributed by atoms with Gasteiger partial charge in [0.15, 0.2) is 17.5 Å². The van der Waals surface area contributed by atoms with Crippen molar-refractivity contribution in [2.75, 3.05) is 0 Å². The van der Waals surface area contributed by atoms with Crippen molar-refractivity contribution < 1.29 is 8.83 Å². The van der Waals surface area contributed by atoms with Crippen LogP contribution in [0.25, 0.3) is 120 Å². The van der Waals surface area contributed by atoms with Gasteiger partial charge in [0.1, 0.15) is 22.3 Å². The van der Waals surface area contributed by atoms with Crippen LogP contribution in [0.1, 0.15) is 0 Å². The maximum atomic E-state index is 6.53. The van der Waals surface area contributed by atoms with Crippen LogP contribution in [-0.4, -0.2) is 15.0 Å². The van der Waals surface area contributed by atoms with Gasteiger partial charge in [0, 0.05) is 58.4 Å². The van der Waals surface area contributed by atoms with Gasteiger partial charge < -0.3 is 8.83 Å². The van der Waals surface area contributed by atoms with Gasteiger partial charge in [-0.1, -0.05) is 127 Å². The first kappa shape index (κ1) is 31.9. The Morgan fingerprint density at radius 3 is 1.86 bits per heavy atom. The number of furan rings is 2. The predicted octanol–water partition coefficient (Wildman–Crippen LogP) is 14.4. The van der Waals surface area contributed by atoms with Crippen LogP contribution in [0.5, 0.6) is 0 Å². The highest BCUT2D eigenvalue weighted by atomic mass is 32.1. The van der Waals surface area contributed by atoms with Crippen LogP contribution in [0.2, 0.25) is 0 Å². The molecule has 0 unspecified atom stereocenters. The van der Waals surface area contributed by atoms with Gasteiger partial charge in [0.2, 0.25) is 0 Å². The van der Waals surface area contributed by atoms with Crippen LogP contribution < -0.4 is 0 Å². The second-order valence-corrected chi connectivity index (χ2v) is 15.4. The van der Waals surface area contributed by atoms with E-state index in [9.17, 15) is 0 Å². The molecule has 57 heavy (non-hydrogen) atoms. The fourth-order valence-electron chi connectivity index (χ4n) is 8.24. The third kappa shape index (κ3) is 5.19. The topological polar surface area (TPSA) is 65.0 Å². The molecular weight excluding hydrogens is 719 g/mol. The molecule has 0 amide bonds. The summed E-state index contributed by atoms with van der Waals surface area (Å²) in [6.45, 7) is 0. The van der Waals surface area contributed by atoms with Crippen LogP contribution in [0.4, 0.5) is 0 Å². The fraction of sp³-hybridized carbons (Fsp3) is 0. The highest BCUT2D eigenvalue weighted by Gasteiger charge is 2.20. The van der Waals surface area contributed by atoms with E-state index < -0.39 is 0 Å². The fourth-order valence-corrected chi connectivity index (χ4v) is 9.48. The van der Waals surface area contributed by atoms with Gasteiger partial charge in [0.05, 0.1) is 0 Å². The number of para-hydroxylation sites is 1. The SMILES string of the molecule is c1ccc(-c2cccc(-c3nc(-c4ccc5c(c4)oc4ccccc45)nc(-c4cccc5oc6ccc(-c7cccc8c7sc7ccccc78)cc6c45)n3)c2)cc1. The van der Waals surface area contributed by atoms with Crippen molar-refractivity contribution in [1.29, 1.82) is 0 Å². The lowest BCUT2D eigenvalue weighted by Gasteiger charge is -2.10. The Bertz CT molecular complexity index is 3540. The maximum Gasteiger partial charge on any atom is 0.164 e. The summed E-state index contributed by atoms with van der Waals surface area (Å²) in [4.78, 5) is 15.6. The summed E-state index contributed by atoms with van der Waals surface area (Å²) in [5.41, 5.74) is 10.4. The molecule has 4 heterocycles. The number of benzene rings is 8. The van der Waals surface area contributed by atoms with Crippen LogP contribution in [0, 0.1) is 0 Å². The highest BCUT2D eigenvalue weighted by molar-refractivity contribution is 7.26. The van der Waals surface area contributed by atoms with Gasteiger partial charge in [0.25, 0.3) is 0 Å². The lowest BCUT2D eigenvalue weighted by atomic mass is 9.99. The summed E-state index contributed by atoms with van der Waals surface area (Å²) in [7, 11) is 0. The molecule has 266 valence electrons. The number of hydrogen-bond donors (Lipinski definition) is 0. The Kier molecular flexibility index (Phi) is 7.03. The molecule has 0 radical (unpaired) electrons. The zero-order valence-corrected chi connectivity index (χ0v) is 31.1. The van der Waals surface area contributed by atoms with Gasteiger partial charge in [-0.3, -0.25) is 0 Å². The van der Waals surface area contributed by atoms with Crippen LogP contribution in [-0.2, 0) is 0 Å². The van der Waals surface area contributed by atoms with Crippen molar-refractivity contribution in [3.05, 3.63) is 176 Å². The number of nitrogens with zero attached hydrogens (tertiary/aromatic N) is 3. The molecule has 0 N–H and O–H groups in total. The minimum Gasteiger partial charge on any atom is -0.456 e. The number of fused-ring (bicyclic) bond motifs is 9.